The zero-order valence-corrected chi connectivity index (χ0v) is 9.68. The summed E-state index contributed by atoms with van der Waals surface area (Å²) in [6, 6.07) is 0.662. The highest BCUT2D eigenvalue weighted by Crippen LogP contribution is 2.30. The molecule has 0 spiro atoms. The maximum Gasteiger partial charge on any atom is 0.417 e. The Bertz CT molecular complexity index is 432. The van der Waals surface area contributed by atoms with E-state index in [1.54, 1.807) is 0 Å². The summed E-state index contributed by atoms with van der Waals surface area (Å²) in [5, 5.41) is 2.57. The fraction of sp³-hybridized carbons (Fsp3) is 0.545. The van der Waals surface area contributed by atoms with Gasteiger partial charge in [-0.25, -0.2) is 13.8 Å². The van der Waals surface area contributed by atoms with E-state index in [4.69, 9.17) is 4.74 Å². The third kappa shape index (κ3) is 3.31. The Morgan fingerprint density at radius 2 is 2.11 bits per heavy atom. The number of aromatic nitrogens is 1. The van der Waals surface area contributed by atoms with E-state index in [1.165, 1.54) is 0 Å². The van der Waals surface area contributed by atoms with Gasteiger partial charge in [0.2, 0.25) is 5.88 Å². The van der Waals surface area contributed by atoms with Crippen molar-refractivity contribution >= 4 is 0 Å². The van der Waals surface area contributed by atoms with Gasteiger partial charge in [0, 0.05) is 25.2 Å². The molecule has 2 rings (SSSR count). The summed E-state index contributed by atoms with van der Waals surface area (Å²) in [4.78, 5) is 3.44. The molecule has 3 nitrogen and oxygen atoms in total. The first kappa shape index (κ1) is 14.0. The molecule has 0 aliphatic carbocycles. The van der Waals surface area contributed by atoms with Gasteiger partial charge in [-0.2, -0.15) is 13.2 Å². The minimum Gasteiger partial charge on any atom is -0.476 e. The molecule has 106 valence electrons. The van der Waals surface area contributed by atoms with Gasteiger partial charge < -0.3 is 10.1 Å². The van der Waals surface area contributed by atoms with Crippen LogP contribution in [0.4, 0.5) is 22.0 Å². The van der Waals surface area contributed by atoms with Crippen molar-refractivity contribution in [3.05, 3.63) is 23.9 Å². The number of rotatable bonds is 3. The molecule has 1 aliphatic heterocycles. The maximum absolute atomic E-state index is 13.2. The predicted octanol–water partition coefficient (Wildman–Crippen LogP) is 2.48. The Balaban J connectivity index is 1.94. The number of nitrogens with one attached hydrogen (secondary N) is 1. The zero-order chi connectivity index (χ0) is 14.1. The van der Waals surface area contributed by atoms with Gasteiger partial charge in [-0.1, -0.05) is 0 Å². The van der Waals surface area contributed by atoms with Crippen molar-refractivity contribution < 1.29 is 26.7 Å². The second-order valence-corrected chi connectivity index (χ2v) is 4.21. The molecule has 0 radical (unpaired) electrons. The van der Waals surface area contributed by atoms with Crippen LogP contribution >= 0.6 is 0 Å². The predicted molar refractivity (Wildman–Crippen MR) is 56.1 cm³/mol. The minimum absolute atomic E-state index is 0.113. The smallest absolute Gasteiger partial charge is 0.417 e. The lowest BCUT2D eigenvalue weighted by Gasteiger charge is -2.18. The zero-order valence-electron chi connectivity index (χ0n) is 9.68. The summed E-state index contributed by atoms with van der Waals surface area (Å²) in [5.41, 5.74) is -0.913. The van der Waals surface area contributed by atoms with Crippen molar-refractivity contribution in [1.82, 2.24) is 10.3 Å². The Morgan fingerprint density at radius 3 is 2.58 bits per heavy atom. The molecule has 1 N–H and O–H groups in total. The first-order valence-corrected chi connectivity index (χ1v) is 5.56. The molecule has 1 unspecified atom stereocenters. The van der Waals surface area contributed by atoms with E-state index >= 15 is 0 Å². The fourth-order valence-electron chi connectivity index (χ4n) is 1.72. The van der Waals surface area contributed by atoms with Gasteiger partial charge in [-0.05, 0) is 6.07 Å². The average molecular weight is 282 g/mol. The molecule has 1 aromatic rings. The molecule has 1 saturated heterocycles. The van der Waals surface area contributed by atoms with Crippen LogP contribution < -0.4 is 10.1 Å². The van der Waals surface area contributed by atoms with Gasteiger partial charge in [0.25, 0.3) is 5.92 Å². The number of pyridine rings is 1. The monoisotopic (exact) mass is 282 g/mol. The van der Waals surface area contributed by atoms with Crippen molar-refractivity contribution in [3.8, 4) is 5.88 Å². The number of ether oxygens (including phenoxy) is 1. The molecule has 1 atom stereocenters. The molecule has 0 amide bonds. The van der Waals surface area contributed by atoms with Gasteiger partial charge in [-0.3, -0.25) is 0 Å². The van der Waals surface area contributed by atoms with E-state index in [1.807, 2.05) is 0 Å². The summed E-state index contributed by atoms with van der Waals surface area (Å²) in [7, 11) is 0. The van der Waals surface area contributed by atoms with Crippen molar-refractivity contribution in [1.29, 1.82) is 0 Å². The van der Waals surface area contributed by atoms with E-state index in [-0.39, 0.29) is 25.5 Å². The third-order valence-corrected chi connectivity index (χ3v) is 2.82. The molecule has 1 aliphatic rings. The van der Waals surface area contributed by atoms with Crippen LogP contribution in [0.2, 0.25) is 0 Å². The molecule has 0 bridgehead atoms. The average Bonchev–Trinajstić information content (AvgIpc) is 2.65. The standard InChI is InChI=1S/C11H11F5N2O/c12-10(13)3-4-17-8(10)6-19-9-2-1-7(5-18-9)11(14,15)16/h1-2,5,8,17H,3-4,6H2. The summed E-state index contributed by atoms with van der Waals surface area (Å²) in [5.74, 6) is -2.98. The third-order valence-electron chi connectivity index (χ3n) is 2.82. The number of hydrogen-bond acceptors (Lipinski definition) is 3. The fourth-order valence-corrected chi connectivity index (χ4v) is 1.72. The van der Waals surface area contributed by atoms with Crippen molar-refractivity contribution in [2.75, 3.05) is 13.2 Å². The first-order valence-electron chi connectivity index (χ1n) is 5.56. The topological polar surface area (TPSA) is 34.1 Å². The normalized spacial score (nSPS) is 22.5. The molecule has 1 aromatic heterocycles. The molecule has 8 heteroatoms. The summed E-state index contributed by atoms with van der Waals surface area (Å²) < 4.78 is 68.2. The Labute approximate surface area is 105 Å². The van der Waals surface area contributed by atoms with Crippen molar-refractivity contribution in [3.63, 3.8) is 0 Å². The number of halogens is 5. The second kappa shape index (κ2) is 4.92. The summed E-state index contributed by atoms with van der Waals surface area (Å²) in [6.45, 7) is -0.160. The number of hydrogen-bond donors (Lipinski definition) is 1. The lowest BCUT2D eigenvalue weighted by Crippen LogP contribution is -2.40. The quantitative estimate of drug-likeness (QED) is 0.865. The van der Waals surface area contributed by atoms with Crippen molar-refractivity contribution in [2.45, 2.75) is 24.6 Å². The van der Waals surface area contributed by atoms with Crippen LogP contribution in [-0.2, 0) is 6.18 Å². The second-order valence-electron chi connectivity index (χ2n) is 4.21. The van der Waals surface area contributed by atoms with E-state index < -0.39 is 23.7 Å². The van der Waals surface area contributed by atoms with Gasteiger partial charge in [0.15, 0.2) is 0 Å². The van der Waals surface area contributed by atoms with Crippen molar-refractivity contribution in [2.24, 2.45) is 0 Å². The van der Waals surface area contributed by atoms with Crippen LogP contribution in [0.1, 0.15) is 12.0 Å². The van der Waals surface area contributed by atoms with E-state index in [0.29, 0.717) is 6.20 Å². The molecule has 2 heterocycles. The van der Waals surface area contributed by atoms with Gasteiger partial charge in [0.1, 0.15) is 12.6 Å². The molecular weight excluding hydrogens is 271 g/mol. The van der Waals surface area contributed by atoms with Crippen LogP contribution in [-0.4, -0.2) is 30.1 Å². The lowest BCUT2D eigenvalue weighted by atomic mass is 10.2. The SMILES string of the molecule is FC(F)(F)c1ccc(OCC2NCCC2(F)F)nc1. The molecule has 0 aromatic carbocycles. The van der Waals surface area contributed by atoms with Crippen LogP contribution in [0.5, 0.6) is 5.88 Å². The lowest BCUT2D eigenvalue weighted by molar-refractivity contribution is -0.137. The van der Waals surface area contributed by atoms with Crippen LogP contribution in [0, 0.1) is 0 Å². The Morgan fingerprint density at radius 1 is 1.37 bits per heavy atom. The van der Waals surface area contributed by atoms with Gasteiger partial charge in [-0.15, -0.1) is 0 Å². The summed E-state index contributed by atoms with van der Waals surface area (Å²) in [6.07, 6.45) is -4.15. The number of alkyl halides is 5. The Hall–Kier alpha value is -1.44. The molecular formula is C11H11F5N2O. The van der Waals surface area contributed by atoms with Crippen LogP contribution in [0.25, 0.3) is 0 Å². The highest BCUT2D eigenvalue weighted by molar-refractivity contribution is 5.20. The maximum atomic E-state index is 13.2. The Kier molecular flexibility index (Phi) is 3.62. The minimum atomic E-state index is -4.48. The first-order chi connectivity index (χ1) is 8.79. The van der Waals surface area contributed by atoms with Crippen LogP contribution in [0.3, 0.4) is 0 Å². The highest BCUT2D eigenvalue weighted by Gasteiger charge is 2.44. The molecule has 0 saturated carbocycles. The van der Waals surface area contributed by atoms with Gasteiger partial charge >= 0.3 is 6.18 Å². The summed E-state index contributed by atoms with van der Waals surface area (Å²) >= 11 is 0. The van der Waals surface area contributed by atoms with E-state index in [2.05, 4.69) is 10.3 Å². The molecule has 1 fully saturated rings. The highest BCUT2D eigenvalue weighted by atomic mass is 19.4. The van der Waals surface area contributed by atoms with Crippen LogP contribution in [0.15, 0.2) is 18.3 Å². The number of nitrogens with zero attached hydrogens (tertiary/aromatic N) is 1. The molecule has 19 heavy (non-hydrogen) atoms. The largest absolute Gasteiger partial charge is 0.476 e. The van der Waals surface area contributed by atoms with E-state index in [9.17, 15) is 22.0 Å². The van der Waals surface area contributed by atoms with Gasteiger partial charge in [0.05, 0.1) is 5.56 Å². The van der Waals surface area contributed by atoms with E-state index in [0.717, 1.165) is 12.1 Å².